The molecule has 2 aliphatic rings. The number of pyridine rings is 1. The summed E-state index contributed by atoms with van der Waals surface area (Å²) in [4.78, 5) is 33.2. The first-order chi connectivity index (χ1) is 13.7. The van der Waals surface area contributed by atoms with Gasteiger partial charge in [-0.3, -0.25) is 14.6 Å². The lowest BCUT2D eigenvalue weighted by atomic mass is 9.87. The monoisotopic (exact) mass is 399 g/mol. The number of rotatable bonds is 5. The number of aryl methyl sites for hydroxylation is 1. The van der Waals surface area contributed by atoms with Crippen LogP contribution < -0.4 is 5.32 Å². The summed E-state index contributed by atoms with van der Waals surface area (Å²) in [7, 11) is 0. The Kier molecular flexibility index (Phi) is 6.02. The number of hydrogen-bond acceptors (Lipinski definition) is 5. The third kappa shape index (κ3) is 4.42. The highest BCUT2D eigenvalue weighted by atomic mass is 32.1. The largest absolute Gasteiger partial charge is 0.378 e. The summed E-state index contributed by atoms with van der Waals surface area (Å²) in [6.45, 7) is 3.17. The number of morpholine rings is 1. The zero-order valence-corrected chi connectivity index (χ0v) is 16.7. The fourth-order valence-electron chi connectivity index (χ4n) is 3.80. The molecular weight excluding hydrogens is 374 g/mol. The van der Waals surface area contributed by atoms with E-state index in [4.69, 9.17) is 4.74 Å². The number of carbonyl (C=O) groups excluding carboxylic acids is 2. The van der Waals surface area contributed by atoms with E-state index in [2.05, 4.69) is 10.3 Å². The molecule has 28 heavy (non-hydrogen) atoms. The van der Waals surface area contributed by atoms with Crippen LogP contribution in [0.25, 0.3) is 0 Å². The minimum absolute atomic E-state index is 0.00845. The minimum Gasteiger partial charge on any atom is -0.378 e. The molecule has 1 aliphatic heterocycles. The lowest BCUT2D eigenvalue weighted by Gasteiger charge is -2.26. The molecular formula is C21H25N3O3S. The van der Waals surface area contributed by atoms with Gasteiger partial charge in [-0.1, -0.05) is 0 Å². The summed E-state index contributed by atoms with van der Waals surface area (Å²) < 4.78 is 5.33. The van der Waals surface area contributed by atoms with Gasteiger partial charge in [0.25, 0.3) is 5.91 Å². The van der Waals surface area contributed by atoms with Gasteiger partial charge in [0.1, 0.15) is 0 Å². The van der Waals surface area contributed by atoms with Gasteiger partial charge in [0.15, 0.2) is 0 Å². The Morgan fingerprint density at radius 1 is 1.25 bits per heavy atom. The van der Waals surface area contributed by atoms with E-state index in [9.17, 15) is 9.59 Å². The first-order valence-corrected chi connectivity index (χ1v) is 10.7. The highest BCUT2D eigenvalue weighted by Gasteiger charge is 2.28. The van der Waals surface area contributed by atoms with E-state index < -0.39 is 0 Å². The molecule has 2 aromatic heterocycles. The fraction of sp³-hybridized carbons (Fsp3) is 0.476. The summed E-state index contributed by atoms with van der Waals surface area (Å²) in [5.41, 5.74) is 2.34. The zero-order valence-electron chi connectivity index (χ0n) is 15.9. The summed E-state index contributed by atoms with van der Waals surface area (Å²) in [5, 5.41) is 3.07. The Balaban J connectivity index is 1.32. The first-order valence-electron chi connectivity index (χ1n) is 9.86. The molecule has 0 bridgehead atoms. The molecule has 2 aromatic rings. The predicted octanol–water partition coefficient (Wildman–Crippen LogP) is 2.08. The maximum atomic E-state index is 12.7. The Morgan fingerprint density at radius 2 is 2.04 bits per heavy atom. The van der Waals surface area contributed by atoms with Crippen LogP contribution >= 0.6 is 11.3 Å². The molecule has 0 spiro atoms. The van der Waals surface area contributed by atoms with Crippen LogP contribution in [0.3, 0.4) is 0 Å². The van der Waals surface area contributed by atoms with Gasteiger partial charge in [-0.25, -0.2) is 0 Å². The van der Waals surface area contributed by atoms with Crippen molar-refractivity contribution in [1.29, 1.82) is 0 Å². The van der Waals surface area contributed by atoms with Crippen LogP contribution in [0.4, 0.5) is 0 Å². The standard InChI is InChI=1S/C21H25N3O3S/c25-20(23-8-5-15-3-6-22-7-4-15)16-1-2-18-17(13-16)14-19(28-18)21(26)24-9-11-27-12-10-24/h3-4,6-7,14,16H,1-2,5,8-13H2,(H,23,25). The highest BCUT2D eigenvalue weighted by molar-refractivity contribution is 7.14. The molecule has 4 rings (SSSR count). The van der Waals surface area contributed by atoms with E-state index in [0.717, 1.165) is 30.6 Å². The van der Waals surface area contributed by atoms with Crippen LogP contribution in [0.5, 0.6) is 0 Å². The minimum atomic E-state index is -0.00845. The predicted molar refractivity (Wildman–Crippen MR) is 108 cm³/mol. The summed E-state index contributed by atoms with van der Waals surface area (Å²) in [5.74, 6) is 0.207. The molecule has 0 radical (unpaired) electrons. The van der Waals surface area contributed by atoms with Crippen molar-refractivity contribution in [3.05, 3.63) is 51.5 Å². The van der Waals surface area contributed by atoms with Crippen LogP contribution in [0.2, 0.25) is 0 Å². The fourth-order valence-corrected chi connectivity index (χ4v) is 4.98. The van der Waals surface area contributed by atoms with Crippen molar-refractivity contribution in [2.45, 2.75) is 25.7 Å². The number of ether oxygens (including phenoxy) is 1. The van der Waals surface area contributed by atoms with Crippen LogP contribution in [-0.4, -0.2) is 54.5 Å². The van der Waals surface area contributed by atoms with E-state index in [0.29, 0.717) is 32.8 Å². The van der Waals surface area contributed by atoms with Crippen molar-refractivity contribution in [2.75, 3.05) is 32.8 Å². The average Bonchev–Trinajstić information content (AvgIpc) is 3.18. The molecule has 1 saturated heterocycles. The van der Waals surface area contributed by atoms with E-state index in [1.54, 1.807) is 23.7 Å². The molecule has 1 atom stereocenters. The van der Waals surface area contributed by atoms with Crippen LogP contribution in [-0.2, 0) is 28.8 Å². The molecule has 1 fully saturated rings. The van der Waals surface area contributed by atoms with E-state index >= 15 is 0 Å². The van der Waals surface area contributed by atoms with Gasteiger partial charge in [-0.05, 0) is 55.0 Å². The molecule has 0 saturated carbocycles. The van der Waals surface area contributed by atoms with Gasteiger partial charge >= 0.3 is 0 Å². The Bertz CT molecular complexity index is 831. The van der Waals surface area contributed by atoms with Crippen molar-refractivity contribution in [3.63, 3.8) is 0 Å². The molecule has 2 amide bonds. The average molecular weight is 400 g/mol. The second-order valence-corrected chi connectivity index (χ2v) is 8.44. The summed E-state index contributed by atoms with van der Waals surface area (Å²) >= 11 is 1.60. The quantitative estimate of drug-likeness (QED) is 0.836. The number of aromatic nitrogens is 1. The normalized spacial score (nSPS) is 19.1. The first kappa shape index (κ1) is 19.1. The van der Waals surface area contributed by atoms with Crippen molar-refractivity contribution in [1.82, 2.24) is 15.2 Å². The number of nitrogens with zero attached hydrogens (tertiary/aromatic N) is 2. The molecule has 7 heteroatoms. The topological polar surface area (TPSA) is 71.5 Å². The van der Waals surface area contributed by atoms with E-state index in [1.807, 2.05) is 23.1 Å². The number of thiophene rings is 1. The van der Waals surface area contributed by atoms with Gasteiger partial charge < -0.3 is 15.0 Å². The number of hydrogen-bond donors (Lipinski definition) is 1. The number of fused-ring (bicyclic) bond motifs is 1. The Hall–Kier alpha value is -2.25. The highest BCUT2D eigenvalue weighted by Crippen LogP contribution is 2.33. The lowest BCUT2D eigenvalue weighted by Crippen LogP contribution is -2.40. The van der Waals surface area contributed by atoms with Gasteiger partial charge in [-0.2, -0.15) is 0 Å². The number of carbonyl (C=O) groups is 2. The number of nitrogens with one attached hydrogen (secondary N) is 1. The van der Waals surface area contributed by atoms with Gasteiger partial charge in [-0.15, -0.1) is 11.3 Å². The van der Waals surface area contributed by atoms with E-state index in [1.165, 1.54) is 16.0 Å². The molecule has 1 unspecified atom stereocenters. The molecule has 3 heterocycles. The van der Waals surface area contributed by atoms with E-state index in [-0.39, 0.29) is 17.7 Å². The molecule has 6 nitrogen and oxygen atoms in total. The van der Waals surface area contributed by atoms with Gasteiger partial charge in [0.2, 0.25) is 5.91 Å². The lowest BCUT2D eigenvalue weighted by molar-refractivity contribution is -0.125. The second kappa shape index (κ2) is 8.84. The van der Waals surface area contributed by atoms with Crippen molar-refractivity contribution < 1.29 is 14.3 Å². The number of amides is 2. The van der Waals surface area contributed by atoms with Crippen LogP contribution in [0, 0.1) is 5.92 Å². The van der Waals surface area contributed by atoms with Gasteiger partial charge in [0, 0.05) is 42.8 Å². The van der Waals surface area contributed by atoms with Crippen molar-refractivity contribution in [2.24, 2.45) is 5.92 Å². The summed E-state index contributed by atoms with van der Waals surface area (Å²) in [6, 6.07) is 5.95. The zero-order chi connectivity index (χ0) is 19.3. The third-order valence-electron chi connectivity index (χ3n) is 5.42. The molecule has 1 aliphatic carbocycles. The third-order valence-corrected chi connectivity index (χ3v) is 6.65. The smallest absolute Gasteiger partial charge is 0.264 e. The molecule has 1 N–H and O–H groups in total. The Morgan fingerprint density at radius 3 is 2.82 bits per heavy atom. The maximum absolute atomic E-state index is 12.7. The van der Waals surface area contributed by atoms with Crippen molar-refractivity contribution >= 4 is 23.2 Å². The summed E-state index contributed by atoms with van der Waals surface area (Å²) in [6.07, 6.45) is 6.79. The van der Waals surface area contributed by atoms with Crippen LogP contribution in [0.1, 0.15) is 32.1 Å². The van der Waals surface area contributed by atoms with Gasteiger partial charge in [0.05, 0.1) is 18.1 Å². The molecule has 148 valence electrons. The maximum Gasteiger partial charge on any atom is 0.264 e. The van der Waals surface area contributed by atoms with Crippen molar-refractivity contribution in [3.8, 4) is 0 Å². The molecule has 0 aromatic carbocycles. The second-order valence-electron chi connectivity index (χ2n) is 7.30. The van der Waals surface area contributed by atoms with Crippen LogP contribution in [0.15, 0.2) is 30.6 Å². The Labute approximate surface area is 168 Å². The SMILES string of the molecule is O=C(NCCc1ccncc1)C1CCc2sc(C(=O)N3CCOCC3)cc2C1.